The third-order valence-corrected chi connectivity index (χ3v) is 4.83. The second-order valence-electron chi connectivity index (χ2n) is 6.91. The number of nitrogens with one attached hydrogen (secondary N) is 2. The fourth-order valence-corrected chi connectivity index (χ4v) is 3.17. The van der Waals surface area contributed by atoms with E-state index in [1.807, 2.05) is 58.2 Å². The summed E-state index contributed by atoms with van der Waals surface area (Å²) in [5.74, 6) is 0.973. The molecule has 33 heavy (non-hydrogen) atoms. The number of aromatic amines is 1. The van der Waals surface area contributed by atoms with Gasteiger partial charge in [0.2, 0.25) is 0 Å². The van der Waals surface area contributed by atoms with Gasteiger partial charge in [-0.1, -0.05) is 62.4 Å². The number of rotatable bonds is 14. The maximum Gasteiger partial charge on any atom is 0.136 e. The SMILES string of the molecule is C=CC(=CC/C=C(\C)Cl)NCC(/C=C\CC(COC)c1c[nH]c(N=C)c1/C=C\C)=NC.CC. The third-order valence-electron chi connectivity index (χ3n) is 4.68. The van der Waals surface area contributed by atoms with Gasteiger partial charge in [-0.15, -0.1) is 0 Å². The number of allylic oxidation sites excluding steroid dienone is 6. The van der Waals surface area contributed by atoms with E-state index in [-0.39, 0.29) is 5.92 Å². The number of hydrogen-bond acceptors (Lipinski definition) is 4. The lowest BCUT2D eigenvalue weighted by atomic mass is 9.94. The highest BCUT2D eigenvalue weighted by Gasteiger charge is 2.17. The lowest BCUT2D eigenvalue weighted by Gasteiger charge is -2.14. The van der Waals surface area contributed by atoms with Crippen molar-refractivity contribution < 1.29 is 4.74 Å². The molecule has 0 spiro atoms. The van der Waals surface area contributed by atoms with Crippen molar-refractivity contribution in [3.05, 3.63) is 71.1 Å². The van der Waals surface area contributed by atoms with Gasteiger partial charge in [-0.2, -0.15) is 0 Å². The van der Waals surface area contributed by atoms with E-state index >= 15 is 0 Å². The van der Waals surface area contributed by atoms with E-state index in [2.05, 4.69) is 45.7 Å². The summed E-state index contributed by atoms with van der Waals surface area (Å²) in [4.78, 5) is 11.7. The molecule has 1 heterocycles. The molecule has 0 bridgehead atoms. The summed E-state index contributed by atoms with van der Waals surface area (Å²) in [6.45, 7) is 16.6. The van der Waals surface area contributed by atoms with Crippen LogP contribution in [0.4, 0.5) is 5.82 Å². The van der Waals surface area contributed by atoms with Crippen molar-refractivity contribution in [2.45, 2.75) is 46.5 Å². The lowest BCUT2D eigenvalue weighted by Crippen LogP contribution is -2.20. The molecule has 0 aliphatic heterocycles. The van der Waals surface area contributed by atoms with Gasteiger partial charge in [0, 0.05) is 42.6 Å². The number of hydrogen-bond donors (Lipinski definition) is 2. The van der Waals surface area contributed by atoms with Crippen LogP contribution in [0.2, 0.25) is 0 Å². The van der Waals surface area contributed by atoms with Crippen LogP contribution in [0.5, 0.6) is 0 Å². The summed E-state index contributed by atoms with van der Waals surface area (Å²) >= 11 is 5.88. The smallest absolute Gasteiger partial charge is 0.136 e. The Morgan fingerprint density at radius 2 is 2.06 bits per heavy atom. The second-order valence-corrected chi connectivity index (χ2v) is 7.51. The number of halogens is 1. The molecule has 1 atom stereocenters. The van der Waals surface area contributed by atoms with E-state index in [1.165, 1.54) is 5.56 Å². The maximum absolute atomic E-state index is 5.88. The van der Waals surface area contributed by atoms with Gasteiger partial charge in [-0.3, -0.25) is 4.99 Å². The Bertz CT molecular complexity index is 855. The Labute approximate surface area is 205 Å². The number of nitrogens with zero attached hydrogens (tertiary/aromatic N) is 2. The predicted octanol–water partition coefficient (Wildman–Crippen LogP) is 7.35. The molecule has 0 aliphatic carbocycles. The molecule has 6 heteroatoms. The molecule has 5 nitrogen and oxygen atoms in total. The first-order chi connectivity index (χ1) is 16.0. The molecule has 1 unspecified atom stereocenters. The van der Waals surface area contributed by atoms with Gasteiger partial charge in [0.05, 0.1) is 18.9 Å². The van der Waals surface area contributed by atoms with E-state index in [1.54, 1.807) is 20.2 Å². The molecule has 1 rings (SSSR count). The predicted molar refractivity (Wildman–Crippen MR) is 148 cm³/mol. The standard InChI is InChI=1S/C25H35ClN4O.C2H6/c1-7-11-23-24(17-30-25(23)28-5)20(18-31-6)13-10-15-22(27-4)16-29-21(8-2)14-9-12-19(3)26;1-2/h7-8,10-12,14-15,17,20,29-30H,2,5,9,13,16,18H2,1,3-4,6H3;1-2H3/b11-7-,15-10-,19-12+,21-14?,27-22?;. The monoisotopic (exact) mass is 472 g/mol. The number of aliphatic imine (C=N–C) groups is 2. The van der Waals surface area contributed by atoms with Gasteiger partial charge in [0.15, 0.2) is 0 Å². The largest absolute Gasteiger partial charge is 0.384 e. The van der Waals surface area contributed by atoms with Crippen molar-refractivity contribution in [3.63, 3.8) is 0 Å². The zero-order valence-corrected chi connectivity index (χ0v) is 21.9. The maximum atomic E-state index is 5.88. The van der Waals surface area contributed by atoms with Crippen LogP contribution in [0.15, 0.2) is 69.9 Å². The van der Waals surface area contributed by atoms with Gasteiger partial charge >= 0.3 is 0 Å². The first-order valence-corrected chi connectivity index (χ1v) is 11.7. The molecular formula is C27H41ClN4O. The molecule has 1 aromatic rings. The quantitative estimate of drug-likeness (QED) is 0.219. The summed E-state index contributed by atoms with van der Waals surface area (Å²) in [6, 6.07) is 0. The Morgan fingerprint density at radius 3 is 2.61 bits per heavy atom. The highest BCUT2D eigenvalue weighted by atomic mass is 35.5. The van der Waals surface area contributed by atoms with Gasteiger partial charge in [0.1, 0.15) is 5.82 Å². The van der Waals surface area contributed by atoms with Crippen LogP contribution in [-0.2, 0) is 4.74 Å². The Balaban J connectivity index is 0.00000497. The Kier molecular flexibility index (Phi) is 17.4. The molecule has 0 fully saturated rings. The fourth-order valence-electron chi connectivity index (χ4n) is 3.08. The van der Waals surface area contributed by atoms with E-state index in [9.17, 15) is 0 Å². The summed E-state index contributed by atoms with van der Waals surface area (Å²) in [5, 5.41) is 4.13. The highest BCUT2D eigenvalue weighted by molar-refractivity contribution is 6.29. The Hall–Kier alpha value is -2.63. The van der Waals surface area contributed by atoms with Crippen LogP contribution in [-0.4, -0.2) is 44.7 Å². The van der Waals surface area contributed by atoms with Crippen molar-refractivity contribution in [1.82, 2.24) is 10.3 Å². The molecular weight excluding hydrogens is 432 g/mol. The van der Waals surface area contributed by atoms with Crippen LogP contribution in [0.3, 0.4) is 0 Å². The molecule has 2 N–H and O–H groups in total. The molecule has 0 aromatic carbocycles. The van der Waals surface area contributed by atoms with Crippen LogP contribution in [0.25, 0.3) is 6.08 Å². The van der Waals surface area contributed by atoms with Crippen molar-refractivity contribution in [3.8, 4) is 0 Å². The van der Waals surface area contributed by atoms with E-state index in [0.717, 1.165) is 40.7 Å². The fraction of sp³-hybridized carbons (Fsp3) is 0.407. The molecule has 182 valence electrons. The van der Waals surface area contributed by atoms with E-state index < -0.39 is 0 Å². The molecule has 0 saturated carbocycles. The van der Waals surface area contributed by atoms with E-state index in [4.69, 9.17) is 16.3 Å². The highest BCUT2D eigenvalue weighted by Crippen LogP contribution is 2.31. The minimum Gasteiger partial charge on any atom is -0.384 e. The number of ether oxygens (including phenoxy) is 1. The van der Waals surface area contributed by atoms with Crippen molar-refractivity contribution in [2.75, 3.05) is 27.3 Å². The molecule has 1 aromatic heterocycles. The summed E-state index contributed by atoms with van der Waals surface area (Å²) in [6.07, 6.45) is 17.6. The van der Waals surface area contributed by atoms with E-state index in [0.29, 0.717) is 13.2 Å². The molecule has 0 aliphatic rings. The minimum atomic E-state index is 0.194. The average Bonchev–Trinajstić information content (AvgIpc) is 3.23. The molecule has 0 radical (unpaired) electrons. The summed E-state index contributed by atoms with van der Waals surface area (Å²) < 4.78 is 5.47. The van der Waals surface area contributed by atoms with Crippen molar-refractivity contribution in [1.29, 1.82) is 0 Å². The van der Waals surface area contributed by atoms with Crippen LogP contribution in [0, 0.1) is 0 Å². The minimum absolute atomic E-state index is 0.194. The Morgan fingerprint density at radius 1 is 1.33 bits per heavy atom. The first-order valence-electron chi connectivity index (χ1n) is 11.3. The first kappa shape index (κ1) is 30.4. The molecule has 0 saturated heterocycles. The van der Waals surface area contributed by atoms with Crippen molar-refractivity contribution >= 4 is 35.9 Å². The van der Waals surface area contributed by atoms with Crippen LogP contribution in [0.1, 0.15) is 57.6 Å². The van der Waals surface area contributed by atoms with Gasteiger partial charge < -0.3 is 15.0 Å². The van der Waals surface area contributed by atoms with Gasteiger partial charge in [-0.05, 0) is 51.1 Å². The zero-order valence-electron chi connectivity index (χ0n) is 21.1. The number of H-pyrrole nitrogens is 1. The number of aromatic nitrogens is 1. The van der Waals surface area contributed by atoms with Crippen LogP contribution < -0.4 is 5.32 Å². The average molecular weight is 473 g/mol. The topological polar surface area (TPSA) is 61.8 Å². The normalized spacial score (nSPS) is 13.7. The van der Waals surface area contributed by atoms with Gasteiger partial charge in [0.25, 0.3) is 0 Å². The zero-order chi connectivity index (χ0) is 25.1. The number of methoxy groups -OCH3 is 1. The van der Waals surface area contributed by atoms with Crippen molar-refractivity contribution in [2.24, 2.45) is 9.98 Å². The summed E-state index contributed by atoms with van der Waals surface area (Å²) in [5.41, 5.74) is 4.12. The van der Waals surface area contributed by atoms with Crippen LogP contribution >= 0.6 is 11.6 Å². The molecule has 0 amide bonds. The van der Waals surface area contributed by atoms with Gasteiger partial charge in [-0.25, -0.2) is 4.99 Å². The third kappa shape index (κ3) is 11.7. The summed E-state index contributed by atoms with van der Waals surface area (Å²) in [7, 11) is 3.52. The second kappa shape index (κ2) is 18.9. The lowest BCUT2D eigenvalue weighted by molar-refractivity contribution is 0.179.